The van der Waals surface area contributed by atoms with Gasteiger partial charge in [0.15, 0.2) is 11.6 Å². The maximum atomic E-state index is 13.5. The minimum Gasteiger partial charge on any atom is -0.494 e. The lowest BCUT2D eigenvalue weighted by molar-refractivity contribution is -0.137. The maximum Gasteiger partial charge on any atom is 0.305 e. The van der Waals surface area contributed by atoms with E-state index in [2.05, 4.69) is 0 Å². The molecule has 1 N–H and O–H groups in total. The number of benzene rings is 1. The van der Waals surface area contributed by atoms with Crippen molar-refractivity contribution in [3.8, 4) is 5.75 Å². The van der Waals surface area contributed by atoms with Crippen LogP contribution in [0.5, 0.6) is 5.75 Å². The summed E-state index contributed by atoms with van der Waals surface area (Å²) < 4.78 is 18.3. The van der Waals surface area contributed by atoms with Gasteiger partial charge in [-0.2, -0.15) is 0 Å². The number of carboxylic acid groups (broad SMARTS) is 1. The lowest BCUT2D eigenvalue weighted by Crippen LogP contribution is -2.30. The summed E-state index contributed by atoms with van der Waals surface area (Å²) in [7, 11) is 3.13. The van der Waals surface area contributed by atoms with Gasteiger partial charge in [-0.25, -0.2) is 4.39 Å². The molecule has 0 aromatic heterocycles. The van der Waals surface area contributed by atoms with Crippen LogP contribution < -0.4 is 9.64 Å². The third kappa shape index (κ3) is 3.34. The average molecular weight is 241 g/mol. The average Bonchev–Trinajstić information content (AvgIpc) is 2.27. The Labute approximate surface area is 99.6 Å². The normalized spacial score (nSPS) is 12.0. The number of halogens is 1. The molecule has 1 unspecified atom stereocenters. The number of carbonyl (C=O) groups is 1. The van der Waals surface area contributed by atoms with Crippen LogP contribution in [0, 0.1) is 5.82 Å². The van der Waals surface area contributed by atoms with Crippen molar-refractivity contribution in [1.82, 2.24) is 0 Å². The monoisotopic (exact) mass is 241 g/mol. The van der Waals surface area contributed by atoms with Gasteiger partial charge in [0, 0.05) is 24.8 Å². The fourth-order valence-electron chi connectivity index (χ4n) is 1.52. The molecule has 0 saturated heterocycles. The van der Waals surface area contributed by atoms with Gasteiger partial charge in [-0.05, 0) is 19.1 Å². The molecule has 17 heavy (non-hydrogen) atoms. The molecule has 1 aromatic rings. The van der Waals surface area contributed by atoms with Gasteiger partial charge in [0.1, 0.15) is 0 Å². The number of rotatable bonds is 5. The maximum absolute atomic E-state index is 13.5. The lowest BCUT2D eigenvalue weighted by Gasteiger charge is -2.26. The van der Waals surface area contributed by atoms with E-state index in [1.54, 1.807) is 24.9 Å². The molecule has 0 fully saturated rings. The minimum absolute atomic E-state index is 0.00412. The van der Waals surface area contributed by atoms with E-state index in [1.807, 2.05) is 0 Å². The molecule has 0 aliphatic heterocycles. The van der Waals surface area contributed by atoms with Crippen LogP contribution in [0.25, 0.3) is 0 Å². The Morgan fingerprint density at radius 1 is 1.59 bits per heavy atom. The van der Waals surface area contributed by atoms with Crippen LogP contribution in [0.2, 0.25) is 0 Å². The number of carboxylic acids is 1. The number of hydrogen-bond acceptors (Lipinski definition) is 3. The first-order chi connectivity index (χ1) is 7.95. The Balaban J connectivity index is 2.85. The molecule has 1 atom stereocenters. The SMILES string of the molecule is COc1ccc(N(C)C(C)CC(=O)O)cc1F. The van der Waals surface area contributed by atoms with Crippen LogP contribution in [0.4, 0.5) is 10.1 Å². The molecule has 0 heterocycles. The highest BCUT2D eigenvalue weighted by Gasteiger charge is 2.15. The van der Waals surface area contributed by atoms with Gasteiger partial charge in [-0.1, -0.05) is 0 Å². The minimum atomic E-state index is -0.877. The first-order valence-electron chi connectivity index (χ1n) is 5.24. The van der Waals surface area contributed by atoms with E-state index in [4.69, 9.17) is 9.84 Å². The standard InChI is InChI=1S/C12H16FNO3/c1-8(6-12(15)16)14(2)9-4-5-11(17-3)10(13)7-9/h4-5,7-8H,6H2,1-3H3,(H,15,16). The number of anilines is 1. The summed E-state index contributed by atoms with van der Waals surface area (Å²) in [6, 6.07) is 4.34. The molecular weight excluding hydrogens is 225 g/mol. The van der Waals surface area contributed by atoms with E-state index in [-0.39, 0.29) is 18.2 Å². The van der Waals surface area contributed by atoms with E-state index in [9.17, 15) is 9.18 Å². The Hall–Kier alpha value is -1.78. The highest BCUT2D eigenvalue weighted by molar-refractivity contribution is 5.68. The summed E-state index contributed by atoms with van der Waals surface area (Å²) in [6.07, 6.45) is 0.00412. The molecule has 94 valence electrons. The predicted molar refractivity (Wildman–Crippen MR) is 63.1 cm³/mol. The van der Waals surface area contributed by atoms with Crippen molar-refractivity contribution in [1.29, 1.82) is 0 Å². The van der Waals surface area contributed by atoms with Crippen molar-refractivity contribution >= 4 is 11.7 Å². The van der Waals surface area contributed by atoms with Crippen LogP contribution in [0.3, 0.4) is 0 Å². The topological polar surface area (TPSA) is 49.8 Å². The Bertz CT molecular complexity index is 409. The molecule has 5 heteroatoms. The molecule has 0 aliphatic rings. The van der Waals surface area contributed by atoms with Crippen LogP contribution in [0.1, 0.15) is 13.3 Å². The molecule has 0 saturated carbocycles. The molecule has 0 amide bonds. The number of aliphatic carboxylic acids is 1. The zero-order valence-electron chi connectivity index (χ0n) is 10.1. The molecule has 0 aliphatic carbocycles. The van der Waals surface area contributed by atoms with Crippen LogP contribution in [0.15, 0.2) is 18.2 Å². The van der Waals surface area contributed by atoms with Crippen LogP contribution >= 0.6 is 0 Å². The van der Waals surface area contributed by atoms with Gasteiger partial charge in [-0.3, -0.25) is 4.79 Å². The van der Waals surface area contributed by atoms with Gasteiger partial charge in [0.05, 0.1) is 13.5 Å². The van der Waals surface area contributed by atoms with Crippen LogP contribution in [-0.2, 0) is 4.79 Å². The second-order valence-corrected chi connectivity index (χ2v) is 3.88. The molecule has 1 aromatic carbocycles. The van der Waals surface area contributed by atoms with Gasteiger partial charge >= 0.3 is 5.97 Å². The fraction of sp³-hybridized carbons (Fsp3) is 0.417. The van der Waals surface area contributed by atoms with Crippen molar-refractivity contribution in [3.05, 3.63) is 24.0 Å². The molecule has 0 bridgehead atoms. The van der Waals surface area contributed by atoms with Gasteiger partial charge in [0.25, 0.3) is 0 Å². The molecule has 1 rings (SSSR count). The molecule has 0 spiro atoms. The number of ether oxygens (including phenoxy) is 1. The lowest BCUT2D eigenvalue weighted by atomic mass is 10.2. The first-order valence-corrected chi connectivity index (χ1v) is 5.24. The first kappa shape index (κ1) is 13.3. The number of hydrogen-bond donors (Lipinski definition) is 1. The summed E-state index contributed by atoms with van der Waals surface area (Å²) in [5.41, 5.74) is 0.622. The largest absolute Gasteiger partial charge is 0.494 e. The Morgan fingerprint density at radius 3 is 2.71 bits per heavy atom. The Kier molecular flexibility index (Phi) is 4.31. The van der Waals surface area contributed by atoms with E-state index >= 15 is 0 Å². The van der Waals surface area contributed by atoms with Gasteiger partial charge < -0.3 is 14.7 Å². The van der Waals surface area contributed by atoms with E-state index in [1.165, 1.54) is 19.2 Å². The van der Waals surface area contributed by atoms with Crippen molar-refractivity contribution in [3.63, 3.8) is 0 Å². The molecular formula is C12H16FNO3. The van der Waals surface area contributed by atoms with E-state index in [0.717, 1.165) is 0 Å². The van der Waals surface area contributed by atoms with Crippen molar-refractivity contribution < 1.29 is 19.0 Å². The summed E-state index contributed by atoms with van der Waals surface area (Å²) in [6.45, 7) is 1.77. The van der Waals surface area contributed by atoms with Crippen molar-refractivity contribution in [2.75, 3.05) is 19.1 Å². The number of methoxy groups -OCH3 is 1. The van der Waals surface area contributed by atoms with Crippen molar-refractivity contribution in [2.24, 2.45) is 0 Å². The summed E-state index contributed by atoms with van der Waals surface area (Å²) in [4.78, 5) is 12.3. The second-order valence-electron chi connectivity index (χ2n) is 3.88. The summed E-state index contributed by atoms with van der Waals surface area (Å²) in [5.74, 6) is -1.16. The van der Waals surface area contributed by atoms with Gasteiger partial charge in [-0.15, -0.1) is 0 Å². The third-order valence-corrected chi connectivity index (χ3v) is 2.67. The van der Waals surface area contributed by atoms with Gasteiger partial charge in [0.2, 0.25) is 0 Å². The molecule has 4 nitrogen and oxygen atoms in total. The van der Waals surface area contributed by atoms with E-state index in [0.29, 0.717) is 5.69 Å². The quantitative estimate of drug-likeness (QED) is 0.858. The van der Waals surface area contributed by atoms with Crippen LogP contribution in [-0.4, -0.2) is 31.3 Å². The van der Waals surface area contributed by atoms with Crippen molar-refractivity contribution in [2.45, 2.75) is 19.4 Å². The number of nitrogens with zero attached hydrogens (tertiary/aromatic N) is 1. The fourth-order valence-corrected chi connectivity index (χ4v) is 1.52. The highest BCUT2D eigenvalue weighted by Crippen LogP contribution is 2.24. The summed E-state index contributed by atoms with van der Waals surface area (Å²) >= 11 is 0. The smallest absolute Gasteiger partial charge is 0.305 e. The zero-order chi connectivity index (χ0) is 13.0. The van der Waals surface area contributed by atoms with E-state index < -0.39 is 11.8 Å². The zero-order valence-corrected chi connectivity index (χ0v) is 10.1. The highest BCUT2D eigenvalue weighted by atomic mass is 19.1. The predicted octanol–water partition coefficient (Wildman–Crippen LogP) is 2.13. The Morgan fingerprint density at radius 2 is 2.24 bits per heavy atom. The summed E-state index contributed by atoms with van der Waals surface area (Å²) in [5, 5.41) is 8.70. The molecule has 0 radical (unpaired) electrons. The second kappa shape index (κ2) is 5.52. The third-order valence-electron chi connectivity index (χ3n) is 2.67.